The number of amides is 1. The molecule has 0 radical (unpaired) electrons. The topological polar surface area (TPSA) is 46.3 Å². The van der Waals surface area contributed by atoms with Crippen molar-refractivity contribution in [3.05, 3.63) is 48.0 Å². The second-order valence-corrected chi connectivity index (χ2v) is 6.98. The summed E-state index contributed by atoms with van der Waals surface area (Å²) < 4.78 is 0. The zero-order valence-electron chi connectivity index (χ0n) is 15.0. The fraction of sp³-hybridized carbons (Fsp3) is 0.476. The Labute approximate surface area is 157 Å². The van der Waals surface area contributed by atoms with Crippen LogP contribution < -0.4 is 5.73 Å². The predicted octanol–water partition coefficient (Wildman–Crippen LogP) is 4.27. The van der Waals surface area contributed by atoms with E-state index >= 15 is 0 Å². The van der Waals surface area contributed by atoms with E-state index in [-0.39, 0.29) is 18.3 Å². The largest absolute Gasteiger partial charge is 0.369 e. The van der Waals surface area contributed by atoms with Crippen LogP contribution in [-0.4, -0.2) is 30.4 Å². The maximum Gasteiger partial charge on any atom is 0.228 e. The lowest BCUT2D eigenvalue weighted by Gasteiger charge is -2.35. The first-order valence-corrected chi connectivity index (χ1v) is 9.18. The first-order valence-electron chi connectivity index (χ1n) is 9.18. The molecule has 25 heavy (non-hydrogen) atoms. The van der Waals surface area contributed by atoms with Crippen LogP contribution in [0, 0.1) is 0 Å². The number of primary amides is 1. The number of nitrogens with two attached hydrogens (primary N) is 1. The predicted molar refractivity (Wildman–Crippen MR) is 107 cm³/mol. The Balaban J connectivity index is 0.00000225. The third-order valence-corrected chi connectivity index (χ3v) is 5.68. The highest BCUT2D eigenvalue weighted by Crippen LogP contribution is 2.36. The Morgan fingerprint density at radius 3 is 2.44 bits per heavy atom. The van der Waals surface area contributed by atoms with Gasteiger partial charge in [0.05, 0.1) is 5.41 Å². The monoisotopic (exact) mass is 360 g/mol. The summed E-state index contributed by atoms with van der Waals surface area (Å²) in [6.07, 6.45) is 5.40. The molecule has 4 heteroatoms. The van der Waals surface area contributed by atoms with E-state index in [2.05, 4.69) is 36.1 Å². The first kappa shape index (κ1) is 19.7. The molecule has 1 heterocycles. The van der Waals surface area contributed by atoms with Crippen molar-refractivity contribution in [3.8, 4) is 0 Å². The lowest BCUT2D eigenvalue weighted by atomic mass is 9.72. The van der Waals surface area contributed by atoms with Crippen LogP contribution >= 0.6 is 12.4 Å². The molecule has 136 valence electrons. The summed E-state index contributed by atoms with van der Waals surface area (Å²) in [6, 6.07) is 14.5. The molecule has 2 aromatic rings. The van der Waals surface area contributed by atoms with E-state index < -0.39 is 5.41 Å². The van der Waals surface area contributed by atoms with Crippen LogP contribution in [-0.2, 0) is 10.2 Å². The van der Waals surface area contributed by atoms with Gasteiger partial charge in [-0.3, -0.25) is 4.79 Å². The van der Waals surface area contributed by atoms with E-state index in [0.29, 0.717) is 0 Å². The van der Waals surface area contributed by atoms with Crippen LogP contribution in [0.1, 0.15) is 44.6 Å². The molecule has 1 aliphatic heterocycles. The number of rotatable bonds is 6. The van der Waals surface area contributed by atoms with E-state index in [9.17, 15) is 4.79 Å². The highest BCUT2D eigenvalue weighted by atomic mass is 35.5. The van der Waals surface area contributed by atoms with Gasteiger partial charge >= 0.3 is 0 Å². The summed E-state index contributed by atoms with van der Waals surface area (Å²) in [4.78, 5) is 15.1. The molecule has 0 spiro atoms. The zero-order chi connectivity index (χ0) is 17.0. The molecule has 1 amide bonds. The minimum Gasteiger partial charge on any atom is -0.369 e. The van der Waals surface area contributed by atoms with Crippen molar-refractivity contribution in [1.29, 1.82) is 0 Å². The van der Waals surface area contributed by atoms with Gasteiger partial charge in [-0.05, 0) is 61.7 Å². The molecule has 2 aromatic carbocycles. The number of piperidine rings is 1. The molecule has 1 saturated heterocycles. The fourth-order valence-electron chi connectivity index (χ4n) is 4.11. The second-order valence-electron chi connectivity index (χ2n) is 6.98. The summed E-state index contributed by atoms with van der Waals surface area (Å²) in [5, 5.41) is 2.33. The van der Waals surface area contributed by atoms with Crippen molar-refractivity contribution in [2.75, 3.05) is 19.6 Å². The van der Waals surface area contributed by atoms with Crippen molar-refractivity contribution < 1.29 is 4.79 Å². The van der Waals surface area contributed by atoms with Crippen molar-refractivity contribution in [2.24, 2.45) is 5.73 Å². The lowest BCUT2D eigenvalue weighted by molar-refractivity contribution is -0.124. The van der Waals surface area contributed by atoms with Gasteiger partial charge in [0.2, 0.25) is 5.91 Å². The van der Waals surface area contributed by atoms with Crippen LogP contribution in [0.15, 0.2) is 42.5 Å². The summed E-state index contributed by atoms with van der Waals surface area (Å²) >= 11 is 0. The van der Waals surface area contributed by atoms with Crippen molar-refractivity contribution >= 4 is 29.1 Å². The normalized spacial score (nSPS) is 17.6. The molecule has 2 N–H and O–H groups in total. The van der Waals surface area contributed by atoms with Gasteiger partial charge in [0.15, 0.2) is 0 Å². The molecular formula is C21H29ClN2O. The van der Waals surface area contributed by atoms with E-state index in [1.165, 1.54) is 24.6 Å². The Kier molecular flexibility index (Phi) is 6.86. The number of nitrogens with zero attached hydrogens (tertiary/aromatic N) is 1. The van der Waals surface area contributed by atoms with E-state index in [1.807, 2.05) is 18.2 Å². The lowest BCUT2D eigenvalue weighted by Crippen LogP contribution is -2.44. The van der Waals surface area contributed by atoms with Gasteiger partial charge < -0.3 is 10.6 Å². The summed E-state index contributed by atoms with van der Waals surface area (Å²) in [7, 11) is 0. The van der Waals surface area contributed by atoms with Gasteiger partial charge in [0.1, 0.15) is 0 Å². The minimum absolute atomic E-state index is 0. The quantitative estimate of drug-likeness (QED) is 0.836. The van der Waals surface area contributed by atoms with Gasteiger partial charge in [-0.15, -0.1) is 12.4 Å². The summed E-state index contributed by atoms with van der Waals surface area (Å²) in [6.45, 7) is 5.32. The molecule has 0 aromatic heterocycles. The van der Waals surface area contributed by atoms with Crippen molar-refractivity contribution in [2.45, 2.75) is 44.4 Å². The van der Waals surface area contributed by atoms with E-state index in [0.717, 1.165) is 43.4 Å². The highest BCUT2D eigenvalue weighted by Gasteiger charge is 2.38. The zero-order valence-corrected chi connectivity index (χ0v) is 15.9. The first-order chi connectivity index (χ1) is 11.7. The molecule has 1 aliphatic rings. The third kappa shape index (κ3) is 3.99. The molecule has 0 bridgehead atoms. The van der Waals surface area contributed by atoms with Crippen LogP contribution in [0.25, 0.3) is 10.8 Å². The fourth-order valence-corrected chi connectivity index (χ4v) is 4.11. The molecule has 0 saturated carbocycles. The maximum absolute atomic E-state index is 12.6. The Morgan fingerprint density at radius 1 is 1.08 bits per heavy atom. The van der Waals surface area contributed by atoms with Gasteiger partial charge in [0.25, 0.3) is 0 Å². The van der Waals surface area contributed by atoms with Gasteiger partial charge in [-0.2, -0.15) is 0 Å². The number of fused-ring (bicyclic) bond motifs is 1. The van der Waals surface area contributed by atoms with Crippen LogP contribution in [0.3, 0.4) is 0 Å². The van der Waals surface area contributed by atoms with Crippen LogP contribution in [0.4, 0.5) is 0 Å². The molecule has 3 rings (SSSR count). The number of halogens is 1. The number of carbonyl (C=O) groups excluding carboxylic acids is 1. The SMILES string of the molecule is CCC(CCN1CCCCC1)(C(N)=O)c1cccc2ccccc12.Cl. The van der Waals surface area contributed by atoms with Crippen LogP contribution in [0.2, 0.25) is 0 Å². The minimum atomic E-state index is -0.585. The third-order valence-electron chi connectivity index (χ3n) is 5.68. The molecular weight excluding hydrogens is 332 g/mol. The Morgan fingerprint density at radius 2 is 1.76 bits per heavy atom. The molecule has 0 aliphatic carbocycles. The number of likely N-dealkylation sites (tertiary alicyclic amines) is 1. The smallest absolute Gasteiger partial charge is 0.228 e. The van der Waals surface area contributed by atoms with Crippen LogP contribution in [0.5, 0.6) is 0 Å². The van der Waals surface area contributed by atoms with Gasteiger partial charge in [-0.1, -0.05) is 55.8 Å². The Bertz CT molecular complexity index is 707. The molecule has 1 atom stereocenters. The average Bonchev–Trinajstić information content (AvgIpc) is 2.63. The number of carbonyl (C=O) groups is 1. The summed E-state index contributed by atoms with van der Waals surface area (Å²) in [5.41, 5.74) is 6.47. The maximum atomic E-state index is 12.6. The standard InChI is InChI=1S/C21H28N2O.ClH/c1-2-21(20(22)24,13-16-23-14-6-3-7-15-23)19-12-8-10-17-9-4-5-11-18(17)19;/h4-5,8-12H,2-3,6-7,13-16H2,1H3,(H2,22,24);1H. The highest BCUT2D eigenvalue weighted by molar-refractivity contribution is 5.95. The molecule has 1 fully saturated rings. The number of hydrogen-bond acceptors (Lipinski definition) is 2. The van der Waals surface area contributed by atoms with Gasteiger partial charge in [0, 0.05) is 0 Å². The Hall–Kier alpha value is -1.58. The van der Waals surface area contributed by atoms with Gasteiger partial charge in [-0.25, -0.2) is 0 Å². The molecule has 3 nitrogen and oxygen atoms in total. The van der Waals surface area contributed by atoms with Crippen molar-refractivity contribution in [1.82, 2.24) is 4.90 Å². The average molecular weight is 361 g/mol. The summed E-state index contributed by atoms with van der Waals surface area (Å²) in [5.74, 6) is -0.196. The number of benzene rings is 2. The molecule has 1 unspecified atom stereocenters. The van der Waals surface area contributed by atoms with Crippen molar-refractivity contribution in [3.63, 3.8) is 0 Å². The van der Waals surface area contributed by atoms with E-state index in [1.54, 1.807) is 0 Å². The van der Waals surface area contributed by atoms with E-state index in [4.69, 9.17) is 5.73 Å². The second kappa shape index (κ2) is 8.68. The number of hydrogen-bond donors (Lipinski definition) is 1.